The van der Waals surface area contributed by atoms with Crippen LogP contribution < -0.4 is 5.32 Å². The van der Waals surface area contributed by atoms with Gasteiger partial charge in [0, 0.05) is 13.0 Å². The van der Waals surface area contributed by atoms with Gasteiger partial charge in [-0.3, -0.25) is 4.79 Å². The predicted molar refractivity (Wildman–Crippen MR) is 68.8 cm³/mol. The molecule has 1 amide bonds. The van der Waals surface area contributed by atoms with Gasteiger partial charge in [-0.25, -0.2) is 0 Å². The molecule has 0 saturated heterocycles. The Bertz CT molecular complexity index is 227. The number of amides is 1. The van der Waals surface area contributed by atoms with Crippen molar-refractivity contribution in [2.45, 2.75) is 59.2 Å². The van der Waals surface area contributed by atoms with E-state index in [1.807, 2.05) is 27.7 Å². The van der Waals surface area contributed by atoms with E-state index in [0.717, 1.165) is 6.42 Å². The van der Waals surface area contributed by atoms with Gasteiger partial charge in [0.15, 0.2) is 0 Å². The summed E-state index contributed by atoms with van der Waals surface area (Å²) < 4.78 is 5.29. The van der Waals surface area contributed by atoms with Crippen LogP contribution in [0.5, 0.6) is 0 Å². The van der Waals surface area contributed by atoms with E-state index in [2.05, 4.69) is 5.32 Å². The highest BCUT2D eigenvalue weighted by Gasteiger charge is 2.27. The van der Waals surface area contributed by atoms with E-state index in [0.29, 0.717) is 19.6 Å². The molecule has 102 valence electrons. The number of hydrogen-bond acceptors (Lipinski definition) is 3. The first-order valence-electron chi connectivity index (χ1n) is 6.40. The molecule has 17 heavy (non-hydrogen) atoms. The zero-order valence-electron chi connectivity index (χ0n) is 11.7. The van der Waals surface area contributed by atoms with Crippen LogP contribution in [0.25, 0.3) is 0 Å². The SMILES string of the molecule is CCC(C)C(C)(O)CNC(=O)CCOC(C)C. The van der Waals surface area contributed by atoms with Crippen LogP contribution in [0.2, 0.25) is 0 Å². The van der Waals surface area contributed by atoms with Crippen LogP contribution in [-0.2, 0) is 9.53 Å². The fraction of sp³-hybridized carbons (Fsp3) is 0.923. The largest absolute Gasteiger partial charge is 0.388 e. The van der Waals surface area contributed by atoms with E-state index in [-0.39, 0.29) is 17.9 Å². The van der Waals surface area contributed by atoms with Crippen molar-refractivity contribution in [2.24, 2.45) is 5.92 Å². The molecule has 2 unspecified atom stereocenters. The summed E-state index contributed by atoms with van der Waals surface area (Å²) in [5.41, 5.74) is -0.844. The lowest BCUT2D eigenvalue weighted by Gasteiger charge is -2.29. The lowest BCUT2D eigenvalue weighted by molar-refractivity contribution is -0.124. The van der Waals surface area contributed by atoms with E-state index in [9.17, 15) is 9.90 Å². The molecule has 0 bridgehead atoms. The van der Waals surface area contributed by atoms with Crippen LogP contribution in [0.3, 0.4) is 0 Å². The molecule has 0 aromatic carbocycles. The quantitative estimate of drug-likeness (QED) is 0.684. The van der Waals surface area contributed by atoms with Gasteiger partial charge in [0.05, 0.1) is 18.3 Å². The van der Waals surface area contributed by atoms with Crippen molar-refractivity contribution >= 4 is 5.91 Å². The summed E-state index contributed by atoms with van der Waals surface area (Å²) in [6.07, 6.45) is 1.37. The zero-order chi connectivity index (χ0) is 13.5. The fourth-order valence-electron chi connectivity index (χ4n) is 1.37. The molecule has 4 nitrogen and oxygen atoms in total. The summed E-state index contributed by atoms with van der Waals surface area (Å²) in [5.74, 6) is 0.0870. The molecule has 2 atom stereocenters. The van der Waals surface area contributed by atoms with E-state index in [1.54, 1.807) is 6.92 Å². The summed E-state index contributed by atoms with van der Waals surface area (Å²) in [5, 5.41) is 12.8. The Morgan fingerprint density at radius 1 is 1.41 bits per heavy atom. The second-order valence-electron chi connectivity index (χ2n) is 5.11. The highest BCUT2D eigenvalue weighted by Crippen LogP contribution is 2.18. The molecular weight excluding hydrogens is 218 g/mol. The Balaban J connectivity index is 3.83. The second-order valence-corrected chi connectivity index (χ2v) is 5.11. The normalized spacial score (nSPS) is 16.6. The van der Waals surface area contributed by atoms with Crippen LogP contribution in [0.15, 0.2) is 0 Å². The smallest absolute Gasteiger partial charge is 0.222 e. The lowest BCUT2D eigenvalue weighted by atomic mass is 9.88. The molecule has 2 N–H and O–H groups in total. The lowest BCUT2D eigenvalue weighted by Crippen LogP contribution is -2.45. The number of carbonyl (C=O) groups is 1. The molecule has 0 heterocycles. The molecule has 0 aliphatic rings. The Hall–Kier alpha value is -0.610. The van der Waals surface area contributed by atoms with Crippen LogP contribution in [0.4, 0.5) is 0 Å². The number of ether oxygens (including phenoxy) is 1. The fourth-order valence-corrected chi connectivity index (χ4v) is 1.37. The third-order valence-corrected chi connectivity index (χ3v) is 3.10. The van der Waals surface area contributed by atoms with Crippen molar-refractivity contribution in [2.75, 3.05) is 13.2 Å². The van der Waals surface area contributed by atoms with E-state index in [1.165, 1.54) is 0 Å². The van der Waals surface area contributed by atoms with Gasteiger partial charge in [0.2, 0.25) is 5.91 Å². The van der Waals surface area contributed by atoms with Crippen molar-refractivity contribution in [1.29, 1.82) is 0 Å². The highest BCUT2D eigenvalue weighted by atomic mass is 16.5. The molecular formula is C13H27NO3. The molecule has 0 aromatic heterocycles. The Morgan fingerprint density at radius 3 is 2.47 bits per heavy atom. The Morgan fingerprint density at radius 2 is 2.00 bits per heavy atom. The maximum absolute atomic E-state index is 11.5. The van der Waals surface area contributed by atoms with Gasteiger partial charge in [-0.15, -0.1) is 0 Å². The van der Waals surface area contributed by atoms with Gasteiger partial charge in [0.1, 0.15) is 0 Å². The summed E-state index contributed by atoms with van der Waals surface area (Å²) in [7, 11) is 0. The minimum Gasteiger partial charge on any atom is -0.388 e. The number of hydrogen-bond donors (Lipinski definition) is 2. The van der Waals surface area contributed by atoms with E-state index >= 15 is 0 Å². The minimum absolute atomic E-state index is 0.0748. The average molecular weight is 245 g/mol. The van der Waals surface area contributed by atoms with Crippen LogP contribution >= 0.6 is 0 Å². The third-order valence-electron chi connectivity index (χ3n) is 3.10. The minimum atomic E-state index is -0.844. The van der Waals surface area contributed by atoms with Crippen LogP contribution in [0.1, 0.15) is 47.5 Å². The van der Waals surface area contributed by atoms with Crippen LogP contribution in [-0.4, -0.2) is 35.9 Å². The molecule has 0 fully saturated rings. The summed E-state index contributed by atoms with van der Waals surface area (Å²) in [4.78, 5) is 11.5. The molecule has 0 aliphatic heterocycles. The van der Waals surface area contributed by atoms with Crippen molar-refractivity contribution in [1.82, 2.24) is 5.32 Å². The first kappa shape index (κ1) is 16.4. The molecule has 0 rings (SSSR count). The number of nitrogens with one attached hydrogen (secondary N) is 1. The van der Waals surface area contributed by atoms with Gasteiger partial charge >= 0.3 is 0 Å². The molecule has 0 spiro atoms. The molecule has 0 aliphatic carbocycles. The maximum atomic E-state index is 11.5. The molecule has 0 saturated carbocycles. The van der Waals surface area contributed by atoms with Gasteiger partial charge in [-0.05, 0) is 26.7 Å². The van der Waals surface area contributed by atoms with Crippen molar-refractivity contribution in [3.05, 3.63) is 0 Å². The Kier molecular flexibility index (Phi) is 7.39. The van der Waals surface area contributed by atoms with Crippen molar-refractivity contribution in [3.63, 3.8) is 0 Å². The maximum Gasteiger partial charge on any atom is 0.222 e. The van der Waals surface area contributed by atoms with Gasteiger partial charge in [-0.2, -0.15) is 0 Å². The zero-order valence-corrected chi connectivity index (χ0v) is 11.7. The summed E-state index contributed by atoms with van der Waals surface area (Å²) in [6, 6.07) is 0. The summed E-state index contributed by atoms with van der Waals surface area (Å²) in [6.45, 7) is 10.4. The standard InChI is InChI=1S/C13H27NO3/c1-6-11(4)13(5,16)9-14-12(15)7-8-17-10(2)3/h10-11,16H,6-9H2,1-5H3,(H,14,15). The van der Waals surface area contributed by atoms with Crippen molar-refractivity contribution < 1.29 is 14.6 Å². The third kappa shape index (κ3) is 7.34. The highest BCUT2D eigenvalue weighted by molar-refractivity contribution is 5.76. The molecule has 0 aromatic rings. The summed E-state index contributed by atoms with van der Waals surface area (Å²) >= 11 is 0. The number of aliphatic hydroxyl groups is 1. The molecule has 4 heteroatoms. The Labute approximate surface area is 105 Å². The second kappa shape index (κ2) is 7.67. The van der Waals surface area contributed by atoms with Gasteiger partial charge < -0.3 is 15.2 Å². The van der Waals surface area contributed by atoms with E-state index < -0.39 is 5.60 Å². The first-order chi connectivity index (χ1) is 7.79. The van der Waals surface area contributed by atoms with Gasteiger partial charge in [0.25, 0.3) is 0 Å². The number of rotatable bonds is 8. The topological polar surface area (TPSA) is 58.6 Å². The average Bonchev–Trinajstić information content (AvgIpc) is 2.24. The monoisotopic (exact) mass is 245 g/mol. The molecule has 0 radical (unpaired) electrons. The van der Waals surface area contributed by atoms with E-state index in [4.69, 9.17) is 4.74 Å². The van der Waals surface area contributed by atoms with Crippen molar-refractivity contribution in [3.8, 4) is 0 Å². The first-order valence-corrected chi connectivity index (χ1v) is 6.40. The number of carbonyl (C=O) groups excluding carboxylic acids is 1. The predicted octanol–water partition coefficient (Wildman–Crippen LogP) is 1.71. The van der Waals surface area contributed by atoms with Gasteiger partial charge in [-0.1, -0.05) is 20.3 Å². The van der Waals surface area contributed by atoms with Crippen LogP contribution in [0, 0.1) is 5.92 Å².